The average molecular weight is 302 g/mol. The maximum absolute atomic E-state index is 11.9. The maximum Gasteiger partial charge on any atom is 0.326 e. The number of halogens is 1. The Balaban J connectivity index is 2.72. The second-order valence-corrected chi connectivity index (χ2v) is 6.35. The molecule has 0 radical (unpaired) electrons. The highest BCUT2D eigenvalue weighted by atomic mass is 35.5. The highest BCUT2D eigenvalue weighted by molar-refractivity contribution is 7.99. The van der Waals surface area contributed by atoms with Gasteiger partial charge in [0.1, 0.15) is 5.54 Å². The second-order valence-electron chi connectivity index (χ2n) is 4.87. The van der Waals surface area contributed by atoms with Crippen LogP contribution in [0.2, 0.25) is 5.02 Å². The predicted molar refractivity (Wildman–Crippen MR) is 80.9 cm³/mol. The molecule has 1 aromatic rings. The standard InChI is InChI=1S/C14H20ClNO2S/c1-10(2)16-14(3,13(17)18-4)9-19-12-7-5-11(15)6-8-12/h5-8,10,16H,9H2,1-4H3. The first kappa shape index (κ1) is 16.3. The predicted octanol–water partition coefficient (Wildman–Crippen LogP) is 3.36. The summed E-state index contributed by atoms with van der Waals surface area (Å²) in [4.78, 5) is 13.0. The minimum absolute atomic E-state index is 0.204. The van der Waals surface area contributed by atoms with Gasteiger partial charge in [0.15, 0.2) is 0 Å². The van der Waals surface area contributed by atoms with Gasteiger partial charge in [-0.05, 0) is 45.0 Å². The number of methoxy groups -OCH3 is 1. The molecule has 0 heterocycles. The van der Waals surface area contributed by atoms with Crippen LogP contribution in [0.4, 0.5) is 0 Å². The van der Waals surface area contributed by atoms with Crippen molar-refractivity contribution in [1.82, 2.24) is 5.32 Å². The van der Waals surface area contributed by atoms with Crippen LogP contribution in [0.1, 0.15) is 20.8 Å². The molecule has 0 saturated heterocycles. The minimum atomic E-state index is -0.701. The van der Waals surface area contributed by atoms with Gasteiger partial charge < -0.3 is 4.74 Å². The lowest BCUT2D eigenvalue weighted by atomic mass is 10.0. The molecule has 106 valence electrons. The quantitative estimate of drug-likeness (QED) is 0.646. The minimum Gasteiger partial charge on any atom is -0.468 e. The summed E-state index contributed by atoms with van der Waals surface area (Å²) < 4.78 is 4.89. The Kier molecular flexibility index (Phi) is 6.17. The summed E-state index contributed by atoms with van der Waals surface area (Å²) >= 11 is 7.45. The van der Waals surface area contributed by atoms with Crippen LogP contribution >= 0.6 is 23.4 Å². The molecule has 5 heteroatoms. The Labute approximate surface area is 124 Å². The van der Waals surface area contributed by atoms with E-state index in [1.165, 1.54) is 7.11 Å². The number of thioether (sulfide) groups is 1. The highest BCUT2D eigenvalue weighted by Gasteiger charge is 2.34. The van der Waals surface area contributed by atoms with Crippen molar-refractivity contribution in [2.45, 2.75) is 37.2 Å². The third-order valence-electron chi connectivity index (χ3n) is 2.58. The summed E-state index contributed by atoms with van der Waals surface area (Å²) in [5.74, 6) is 0.349. The number of carbonyl (C=O) groups is 1. The molecule has 0 aliphatic carbocycles. The summed E-state index contributed by atoms with van der Waals surface area (Å²) in [6.45, 7) is 5.88. The molecule has 3 nitrogen and oxygen atoms in total. The molecular formula is C14H20ClNO2S. The molecular weight excluding hydrogens is 282 g/mol. The van der Waals surface area contributed by atoms with Crippen LogP contribution in [-0.4, -0.2) is 30.4 Å². The first-order chi connectivity index (χ1) is 8.87. The number of nitrogens with one attached hydrogen (secondary N) is 1. The number of esters is 1. The summed E-state index contributed by atoms with van der Waals surface area (Å²) in [5, 5.41) is 3.98. The van der Waals surface area contributed by atoms with Crippen molar-refractivity contribution in [3.8, 4) is 0 Å². The van der Waals surface area contributed by atoms with Crippen molar-refractivity contribution < 1.29 is 9.53 Å². The van der Waals surface area contributed by atoms with Crippen LogP contribution in [-0.2, 0) is 9.53 Å². The van der Waals surface area contributed by atoms with Gasteiger partial charge in [-0.15, -0.1) is 11.8 Å². The fourth-order valence-corrected chi connectivity index (χ4v) is 2.89. The Hall–Kier alpha value is -0.710. The summed E-state index contributed by atoms with van der Waals surface area (Å²) in [6, 6.07) is 7.78. The molecule has 0 aromatic heterocycles. The van der Waals surface area contributed by atoms with Crippen LogP contribution in [0.25, 0.3) is 0 Å². The Bertz CT molecular complexity index is 422. The van der Waals surface area contributed by atoms with Gasteiger partial charge in [0.25, 0.3) is 0 Å². The largest absolute Gasteiger partial charge is 0.468 e. The molecule has 1 unspecified atom stereocenters. The summed E-state index contributed by atoms with van der Waals surface area (Å²) in [6.07, 6.45) is 0. The third kappa shape index (κ3) is 5.05. The SMILES string of the molecule is COC(=O)C(C)(CSc1ccc(Cl)cc1)NC(C)C. The summed E-state index contributed by atoms with van der Waals surface area (Å²) in [5.41, 5.74) is -0.701. The molecule has 0 spiro atoms. The molecule has 0 amide bonds. The third-order valence-corrected chi connectivity index (χ3v) is 4.16. The van der Waals surface area contributed by atoms with Gasteiger partial charge in [-0.3, -0.25) is 10.1 Å². The van der Waals surface area contributed by atoms with Crippen LogP contribution in [0.3, 0.4) is 0 Å². The molecule has 0 bridgehead atoms. The van der Waals surface area contributed by atoms with E-state index in [0.717, 1.165) is 4.90 Å². The van der Waals surface area contributed by atoms with Gasteiger partial charge >= 0.3 is 5.97 Å². The maximum atomic E-state index is 11.9. The van der Waals surface area contributed by atoms with Crippen molar-refractivity contribution in [1.29, 1.82) is 0 Å². The smallest absolute Gasteiger partial charge is 0.326 e. The van der Waals surface area contributed by atoms with Gasteiger partial charge in [-0.2, -0.15) is 0 Å². The van der Waals surface area contributed by atoms with Gasteiger partial charge in [0.2, 0.25) is 0 Å². The number of ether oxygens (including phenoxy) is 1. The van der Waals surface area contributed by atoms with E-state index >= 15 is 0 Å². The highest BCUT2D eigenvalue weighted by Crippen LogP contribution is 2.25. The molecule has 1 N–H and O–H groups in total. The zero-order chi connectivity index (χ0) is 14.5. The lowest BCUT2D eigenvalue weighted by Crippen LogP contribution is -2.54. The van der Waals surface area contributed by atoms with Gasteiger partial charge in [-0.1, -0.05) is 11.6 Å². The average Bonchev–Trinajstić information content (AvgIpc) is 2.36. The normalized spacial score (nSPS) is 14.2. The van der Waals surface area contributed by atoms with E-state index in [-0.39, 0.29) is 12.0 Å². The van der Waals surface area contributed by atoms with E-state index in [4.69, 9.17) is 16.3 Å². The number of hydrogen-bond donors (Lipinski definition) is 1. The van der Waals surface area contributed by atoms with E-state index in [0.29, 0.717) is 10.8 Å². The van der Waals surface area contributed by atoms with Crippen LogP contribution < -0.4 is 5.32 Å². The van der Waals surface area contributed by atoms with E-state index in [1.54, 1.807) is 11.8 Å². The molecule has 0 saturated carbocycles. The molecule has 1 aromatic carbocycles. The van der Waals surface area contributed by atoms with Crippen molar-refractivity contribution in [3.63, 3.8) is 0 Å². The molecule has 0 aliphatic rings. The molecule has 0 fully saturated rings. The van der Waals surface area contributed by atoms with Crippen molar-refractivity contribution in [3.05, 3.63) is 29.3 Å². The Morgan fingerprint density at radius 1 is 1.42 bits per heavy atom. The van der Waals surface area contributed by atoms with Crippen LogP contribution in [0, 0.1) is 0 Å². The Morgan fingerprint density at radius 3 is 2.47 bits per heavy atom. The monoisotopic (exact) mass is 301 g/mol. The zero-order valence-corrected chi connectivity index (χ0v) is 13.3. The van der Waals surface area contributed by atoms with Crippen LogP contribution in [0.5, 0.6) is 0 Å². The first-order valence-corrected chi connectivity index (χ1v) is 7.48. The molecule has 0 aliphatic heterocycles. The molecule has 1 rings (SSSR count). The van der Waals surface area contributed by atoms with E-state index < -0.39 is 5.54 Å². The van der Waals surface area contributed by atoms with Gasteiger partial charge in [0, 0.05) is 21.7 Å². The van der Waals surface area contributed by atoms with Crippen molar-refractivity contribution >= 4 is 29.3 Å². The molecule has 19 heavy (non-hydrogen) atoms. The number of carbonyl (C=O) groups excluding carboxylic acids is 1. The molecule has 1 atom stereocenters. The first-order valence-electron chi connectivity index (χ1n) is 6.12. The topological polar surface area (TPSA) is 38.3 Å². The summed E-state index contributed by atoms with van der Waals surface area (Å²) in [7, 11) is 1.41. The zero-order valence-electron chi connectivity index (χ0n) is 11.7. The van der Waals surface area contributed by atoms with Crippen LogP contribution in [0.15, 0.2) is 29.2 Å². The van der Waals surface area contributed by atoms with Crippen molar-refractivity contribution in [2.75, 3.05) is 12.9 Å². The number of benzene rings is 1. The van der Waals surface area contributed by atoms with Crippen molar-refractivity contribution in [2.24, 2.45) is 0 Å². The lowest BCUT2D eigenvalue weighted by Gasteiger charge is -2.29. The van der Waals surface area contributed by atoms with E-state index in [9.17, 15) is 4.79 Å². The second kappa shape index (κ2) is 7.17. The lowest BCUT2D eigenvalue weighted by molar-refractivity contribution is -0.147. The van der Waals surface area contributed by atoms with Gasteiger partial charge in [-0.25, -0.2) is 0 Å². The fourth-order valence-electron chi connectivity index (χ4n) is 1.78. The Morgan fingerprint density at radius 2 is 2.00 bits per heavy atom. The van der Waals surface area contributed by atoms with E-state index in [2.05, 4.69) is 5.32 Å². The van der Waals surface area contributed by atoms with Gasteiger partial charge in [0.05, 0.1) is 7.11 Å². The number of hydrogen-bond acceptors (Lipinski definition) is 4. The van der Waals surface area contributed by atoms with E-state index in [1.807, 2.05) is 45.0 Å². The number of rotatable bonds is 6. The fraction of sp³-hybridized carbons (Fsp3) is 0.500.